The third-order valence-electron chi connectivity index (χ3n) is 3.45. The molecule has 4 heteroatoms. The fourth-order valence-corrected chi connectivity index (χ4v) is 2.03. The Morgan fingerprint density at radius 3 is 2.87 bits per heavy atom. The highest BCUT2D eigenvalue weighted by Gasteiger charge is 2.28. The number of rotatable bonds is 3. The zero-order valence-electron chi connectivity index (χ0n) is 9.62. The molecule has 0 aromatic heterocycles. The zero-order chi connectivity index (χ0) is 10.8. The Labute approximate surface area is 91.4 Å². The van der Waals surface area contributed by atoms with Crippen LogP contribution < -0.4 is 10.6 Å². The molecule has 0 aromatic rings. The lowest BCUT2D eigenvalue weighted by Crippen LogP contribution is -2.57. The molecule has 15 heavy (non-hydrogen) atoms. The van der Waals surface area contributed by atoms with Crippen LogP contribution in [0.15, 0.2) is 0 Å². The first-order valence-corrected chi connectivity index (χ1v) is 5.93. The lowest BCUT2D eigenvalue weighted by atomic mass is 10.1. The molecule has 1 heterocycles. The first-order valence-electron chi connectivity index (χ1n) is 5.93. The van der Waals surface area contributed by atoms with Crippen molar-refractivity contribution in [2.24, 2.45) is 0 Å². The molecule has 2 unspecified atom stereocenters. The summed E-state index contributed by atoms with van der Waals surface area (Å²) in [6, 6.07) is 1.41. The van der Waals surface area contributed by atoms with Gasteiger partial charge in [-0.05, 0) is 26.7 Å². The van der Waals surface area contributed by atoms with Gasteiger partial charge in [-0.3, -0.25) is 9.69 Å². The lowest BCUT2D eigenvalue weighted by Gasteiger charge is -2.38. The fraction of sp³-hybridized carbons (Fsp3) is 0.909. The van der Waals surface area contributed by atoms with Gasteiger partial charge in [0.25, 0.3) is 0 Å². The first kappa shape index (κ1) is 10.9. The van der Waals surface area contributed by atoms with Crippen LogP contribution in [0.3, 0.4) is 0 Å². The smallest absolute Gasteiger partial charge is 0.234 e. The number of hydrogen-bond acceptors (Lipinski definition) is 3. The number of hydrogen-bond donors (Lipinski definition) is 2. The second kappa shape index (κ2) is 4.49. The van der Waals surface area contributed by atoms with E-state index in [-0.39, 0.29) is 5.91 Å². The third-order valence-corrected chi connectivity index (χ3v) is 3.45. The van der Waals surface area contributed by atoms with Gasteiger partial charge in [0, 0.05) is 31.2 Å². The Morgan fingerprint density at radius 2 is 2.20 bits per heavy atom. The highest BCUT2D eigenvalue weighted by molar-refractivity contribution is 5.78. The van der Waals surface area contributed by atoms with E-state index in [1.807, 2.05) is 0 Å². The Hall–Kier alpha value is -0.610. The summed E-state index contributed by atoms with van der Waals surface area (Å²) >= 11 is 0. The van der Waals surface area contributed by atoms with Gasteiger partial charge in [-0.2, -0.15) is 0 Å². The van der Waals surface area contributed by atoms with E-state index in [4.69, 9.17) is 0 Å². The molecule has 0 spiro atoms. The summed E-state index contributed by atoms with van der Waals surface area (Å²) < 4.78 is 0. The van der Waals surface area contributed by atoms with Crippen LogP contribution in [0.4, 0.5) is 0 Å². The van der Waals surface area contributed by atoms with Gasteiger partial charge in [0.15, 0.2) is 0 Å². The Morgan fingerprint density at radius 1 is 1.47 bits per heavy atom. The number of nitrogens with zero attached hydrogens (tertiary/aromatic N) is 1. The minimum absolute atomic E-state index is 0.193. The maximum Gasteiger partial charge on any atom is 0.234 e. The molecule has 0 radical (unpaired) electrons. The van der Waals surface area contributed by atoms with Crippen molar-refractivity contribution < 1.29 is 4.79 Å². The zero-order valence-corrected chi connectivity index (χ0v) is 9.62. The van der Waals surface area contributed by atoms with Gasteiger partial charge in [0.2, 0.25) is 5.91 Å². The highest BCUT2D eigenvalue weighted by atomic mass is 16.2. The molecule has 2 fully saturated rings. The molecule has 1 saturated heterocycles. The van der Waals surface area contributed by atoms with Gasteiger partial charge < -0.3 is 10.6 Å². The molecular formula is C11H21N3O. The van der Waals surface area contributed by atoms with Crippen LogP contribution in [0, 0.1) is 0 Å². The van der Waals surface area contributed by atoms with Crippen molar-refractivity contribution in [1.29, 1.82) is 0 Å². The third kappa shape index (κ3) is 2.92. The average Bonchev–Trinajstić information content (AvgIpc) is 2.97. The van der Waals surface area contributed by atoms with E-state index in [1.165, 1.54) is 12.8 Å². The molecule has 1 amide bonds. The van der Waals surface area contributed by atoms with E-state index in [2.05, 4.69) is 29.4 Å². The van der Waals surface area contributed by atoms with Gasteiger partial charge >= 0.3 is 0 Å². The van der Waals surface area contributed by atoms with E-state index >= 15 is 0 Å². The van der Waals surface area contributed by atoms with Crippen molar-refractivity contribution >= 4 is 5.91 Å². The van der Waals surface area contributed by atoms with E-state index in [0.29, 0.717) is 24.7 Å². The SMILES string of the molecule is CC1NCCN(CC(=O)NC2CC2)C1C. The topological polar surface area (TPSA) is 44.4 Å². The Kier molecular flexibility index (Phi) is 3.26. The molecule has 2 aliphatic rings. The Bertz CT molecular complexity index is 240. The first-order chi connectivity index (χ1) is 7.16. The quantitative estimate of drug-likeness (QED) is 0.688. The van der Waals surface area contributed by atoms with Crippen LogP contribution in [-0.2, 0) is 4.79 Å². The van der Waals surface area contributed by atoms with Crippen molar-refractivity contribution in [3.05, 3.63) is 0 Å². The molecule has 86 valence electrons. The standard InChI is InChI=1S/C11H21N3O/c1-8-9(2)14(6-5-12-8)7-11(15)13-10-3-4-10/h8-10,12H,3-7H2,1-2H3,(H,13,15). The summed E-state index contributed by atoms with van der Waals surface area (Å²) in [7, 11) is 0. The largest absolute Gasteiger partial charge is 0.352 e. The predicted molar refractivity (Wildman–Crippen MR) is 59.7 cm³/mol. The molecule has 1 aliphatic heterocycles. The van der Waals surface area contributed by atoms with Crippen molar-refractivity contribution in [1.82, 2.24) is 15.5 Å². The average molecular weight is 211 g/mol. The number of nitrogens with one attached hydrogen (secondary N) is 2. The van der Waals surface area contributed by atoms with Crippen molar-refractivity contribution in [3.63, 3.8) is 0 Å². The van der Waals surface area contributed by atoms with Crippen LogP contribution in [0.25, 0.3) is 0 Å². The van der Waals surface area contributed by atoms with Crippen molar-refractivity contribution in [2.45, 2.75) is 44.8 Å². The molecule has 0 bridgehead atoms. The molecule has 1 saturated carbocycles. The number of piperazine rings is 1. The van der Waals surface area contributed by atoms with Crippen LogP contribution in [0.2, 0.25) is 0 Å². The van der Waals surface area contributed by atoms with Gasteiger partial charge in [0.1, 0.15) is 0 Å². The highest BCUT2D eigenvalue weighted by Crippen LogP contribution is 2.18. The normalized spacial score (nSPS) is 32.7. The van der Waals surface area contributed by atoms with Crippen molar-refractivity contribution in [3.8, 4) is 0 Å². The summed E-state index contributed by atoms with van der Waals surface area (Å²) in [4.78, 5) is 13.9. The van der Waals surface area contributed by atoms with Crippen LogP contribution >= 0.6 is 0 Å². The van der Waals surface area contributed by atoms with Crippen LogP contribution in [-0.4, -0.2) is 48.6 Å². The van der Waals surface area contributed by atoms with Crippen molar-refractivity contribution in [2.75, 3.05) is 19.6 Å². The molecular weight excluding hydrogens is 190 g/mol. The monoisotopic (exact) mass is 211 g/mol. The summed E-state index contributed by atoms with van der Waals surface area (Å²) in [6.45, 7) is 6.88. The summed E-state index contributed by atoms with van der Waals surface area (Å²) in [5.41, 5.74) is 0. The van der Waals surface area contributed by atoms with Gasteiger partial charge in [0.05, 0.1) is 6.54 Å². The summed E-state index contributed by atoms with van der Waals surface area (Å²) in [6.07, 6.45) is 2.33. The molecule has 4 nitrogen and oxygen atoms in total. The minimum Gasteiger partial charge on any atom is -0.352 e. The Balaban J connectivity index is 1.78. The fourth-order valence-electron chi connectivity index (χ4n) is 2.03. The summed E-state index contributed by atoms with van der Waals surface area (Å²) in [5.74, 6) is 0.193. The van der Waals surface area contributed by atoms with E-state index in [1.54, 1.807) is 0 Å². The van der Waals surface area contributed by atoms with Gasteiger partial charge in [-0.25, -0.2) is 0 Å². The van der Waals surface area contributed by atoms with Crippen LogP contribution in [0.1, 0.15) is 26.7 Å². The molecule has 2 rings (SSSR count). The maximum absolute atomic E-state index is 11.6. The predicted octanol–water partition coefficient (Wildman–Crippen LogP) is -0.0528. The van der Waals surface area contributed by atoms with Gasteiger partial charge in [-0.15, -0.1) is 0 Å². The molecule has 2 atom stereocenters. The lowest BCUT2D eigenvalue weighted by molar-refractivity contribution is -0.123. The summed E-state index contributed by atoms with van der Waals surface area (Å²) in [5, 5.41) is 6.45. The number of carbonyl (C=O) groups is 1. The minimum atomic E-state index is 0.193. The molecule has 2 N–H and O–H groups in total. The molecule has 1 aliphatic carbocycles. The molecule has 0 aromatic carbocycles. The second-order valence-electron chi connectivity index (χ2n) is 4.80. The number of amides is 1. The van der Waals surface area contributed by atoms with E-state index in [0.717, 1.165) is 13.1 Å². The van der Waals surface area contributed by atoms with Crippen LogP contribution in [0.5, 0.6) is 0 Å². The van der Waals surface area contributed by atoms with Gasteiger partial charge in [-0.1, -0.05) is 0 Å². The second-order valence-corrected chi connectivity index (χ2v) is 4.80. The maximum atomic E-state index is 11.6. The van der Waals surface area contributed by atoms with E-state index < -0.39 is 0 Å². The van der Waals surface area contributed by atoms with E-state index in [9.17, 15) is 4.79 Å². The number of carbonyl (C=O) groups excluding carboxylic acids is 1.